The van der Waals surface area contributed by atoms with Crippen LogP contribution in [0.3, 0.4) is 0 Å². The molecule has 1 N–H and O–H groups in total. The van der Waals surface area contributed by atoms with Gasteiger partial charge in [0.25, 0.3) is 11.6 Å². The third-order valence-corrected chi connectivity index (χ3v) is 4.01. The molecule has 0 aliphatic rings. The van der Waals surface area contributed by atoms with Crippen molar-refractivity contribution in [3.63, 3.8) is 0 Å². The number of carbonyl (C=O) groups is 2. The number of hydrogen-bond acceptors (Lipinski definition) is 5. The molecule has 2 aromatic carbocycles. The fourth-order valence-corrected chi connectivity index (χ4v) is 2.40. The summed E-state index contributed by atoms with van der Waals surface area (Å²) in [6.07, 6.45) is 0. The lowest BCUT2D eigenvalue weighted by Crippen LogP contribution is -2.30. The summed E-state index contributed by atoms with van der Waals surface area (Å²) in [7, 11) is 0. The van der Waals surface area contributed by atoms with Gasteiger partial charge in [0.1, 0.15) is 18.2 Å². The predicted molar refractivity (Wildman–Crippen MR) is 96.2 cm³/mol. The number of aryl methyl sites for hydroxylation is 2. The Hall–Kier alpha value is -2.93. The molecule has 0 aliphatic heterocycles. The molecule has 0 spiro atoms. The molecule has 0 saturated carbocycles. The molecule has 0 aliphatic carbocycles. The Kier molecular flexibility index (Phi) is 6.30. The topological polar surface area (TPSA) is 98.5 Å². The highest BCUT2D eigenvalue weighted by Gasteiger charge is 2.17. The van der Waals surface area contributed by atoms with E-state index < -0.39 is 16.8 Å². The molecule has 7 nitrogen and oxygen atoms in total. The summed E-state index contributed by atoms with van der Waals surface area (Å²) in [5.74, 6) is -1.24. The minimum atomic E-state index is -0.683. The van der Waals surface area contributed by atoms with Gasteiger partial charge in [0.15, 0.2) is 0 Å². The van der Waals surface area contributed by atoms with Crippen molar-refractivity contribution in [3.8, 4) is 0 Å². The van der Waals surface area contributed by atoms with E-state index in [1.807, 2.05) is 32.0 Å². The summed E-state index contributed by atoms with van der Waals surface area (Å²) < 4.78 is 5.15. The van der Waals surface area contributed by atoms with Crippen LogP contribution in [0, 0.1) is 24.0 Å². The van der Waals surface area contributed by atoms with Crippen molar-refractivity contribution in [3.05, 3.63) is 73.8 Å². The van der Waals surface area contributed by atoms with Gasteiger partial charge in [-0.05, 0) is 37.1 Å². The molecule has 0 unspecified atom stereocenters. The third-order valence-electron chi connectivity index (χ3n) is 3.69. The van der Waals surface area contributed by atoms with Gasteiger partial charge < -0.3 is 10.1 Å². The van der Waals surface area contributed by atoms with Crippen molar-refractivity contribution in [1.82, 2.24) is 5.32 Å². The molecule has 1 amide bonds. The van der Waals surface area contributed by atoms with Crippen LogP contribution in [0.15, 0.2) is 36.4 Å². The average Bonchev–Trinajstić information content (AvgIpc) is 2.60. The van der Waals surface area contributed by atoms with Gasteiger partial charge in [-0.3, -0.25) is 19.7 Å². The molecule has 8 heteroatoms. The number of ether oxygens (including phenoxy) is 1. The van der Waals surface area contributed by atoms with E-state index >= 15 is 0 Å². The molecular formula is C18H17ClN2O5. The Bertz CT molecular complexity index is 867. The standard InChI is InChI=1S/C18H17ClN2O5/c1-11-3-4-12(2)14(7-11)10-26-17(22)9-20-18(23)13-5-6-15(19)16(8-13)21(24)25/h3-8H,9-10H2,1-2H3,(H,20,23). The number of nitro benzene ring substituents is 1. The van der Waals surface area contributed by atoms with Gasteiger partial charge in [-0.2, -0.15) is 0 Å². The predicted octanol–water partition coefficient (Wildman–Crippen LogP) is 3.34. The highest BCUT2D eigenvalue weighted by atomic mass is 35.5. The number of hydrogen-bond donors (Lipinski definition) is 1. The molecule has 0 bridgehead atoms. The molecule has 0 heterocycles. The minimum absolute atomic E-state index is 0.0310. The van der Waals surface area contributed by atoms with Crippen molar-refractivity contribution in [1.29, 1.82) is 0 Å². The lowest BCUT2D eigenvalue weighted by atomic mass is 10.1. The van der Waals surface area contributed by atoms with E-state index in [1.54, 1.807) is 0 Å². The quantitative estimate of drug-likeness (QED) is 0.473. The van der Waals surface area contributed by atoms with E-state index in [1.165, 1.54) is 12.1 Å². The number of nitrogens with one attached hydrogen (secondary N) is 1. The van der Waals surface area contributed by atoms with Gasteiger partial charge in [0, 0.05) is 11.6 Å². The van der Waals surface area contributed by atoms with Gasteiger partial charge in [0.05, 0.1) is 4.92 Å². The zero-order chi connectivity index (χ0) is 19.3. The number of nitrogens with zero attached hydrogens (tertiary/aromatic N) is 1. The SMILES string of the molecule is Cc1ccc(C)c(COC(=O)CNC(=O)c2ccc(Cl)c([N+](=O)[O-])c2)c1. The van der Waals surface area contributed by atoms with Crippen molar-refractivity contribution in [2.75, 3.05) is 6.54 Å². The van der Waals surface area contributed by atoms with E-state index in [9.17, 15) is 19.7 Å². The van der Waals surface area contributed by atoms with Gasteiger partial charge in [-0.15, -0.1) is 0 Å². The van der Waals surface area contributed by atoms with Crippen molar-refractivity contribution < 1.29 is 19.2 Å². The number of esters is 1. The fraction of sp³-hybridized carbons (Fsp3) is 0.222. The van der Waals surface area contributed by atoms with Gasteiger partial charge in [-0.25, -0.2) is 0 Å². The Labute approximate surface area is 155 Å². The molecule has 2 aromatic rings. The lowest BCUT2D eigenvalue weighted by molar-refractivity contribution is -0.384. The first kappa shape index (κ1) is 19.4. The van der Waals surface area contributed by atoms with Crippen LogP contribution in [0.2, 0.25) is 5.02 Å². The summed E-state index contributed by atoms with van der Waals surface area (Å²) in [5, 5.41) is 13.1. The summed E-state index contributed by atoms with van der Waals surface area (Å²) in [6, 6.07) is 9.48. The number of nitro groups is 1. The Morgan fingerprint density at radius 3 is 2.62 bits per heavy atom. The zero-order valence-corrected chi connectivity index (χ0v) is 15.0. The smallest absolute Gasteiger partial charge is 0.325 e. The van der Waals surface area contributed by atoms with Crippen LogP contribution in [0.1, 0.15) is 27.0 Å². The van der Waals surface area contributed by atoms with Crippen LogP contribution in [0.25, 0.3) is 0 Å². The fourth-order valence-electron chi connectivity index (χ4n) is 2.21. The highest BCUT2D eigenvalue weighted by molar-refractivity contribution is 6.32. The Balaban J connectivity index is 1.91. The molecule has 26 heavy (non-hydrogen) atoms. The van der Waals surface area contributed by atoms with Gasteiger partial charge >= 0.3 is 5.97 Å². The van der Waals surface area contributed by atoms with E-state index in [2.05, 4.69) is 5.32 Å². The Morgan fingerprint density at radius 1 is 1.19 bits per heavy atom. The number of carbonyl (C=O) groups excluding carboxylic acids is 2. The number of benzene rings is 2. The number of amides is 1. The molecule has 0 aromatic heterocycles. The molecule has 0 saturated heterocycles. The maximum atomic E-state index is 12.0. The first-order valence-corrected chi connectivity index (χ1v) is 8.09. The summed E-state index contributed by atoms with van der Waals surface area (Å²) in [5.41, 5.74) is 2.60. The van der Waals surface area contributed by atoms with Crippen molar-refractivity contribution in [2.24, 2.45) is 0 Å². The van der Waals surface area contributed by atoms with E-state index in [4.69, 9.17) is 16.3 Å². The molecule has 0 atom stereocenters. The van der Waals surface area contributed by atoms with E-state index in [0.717, 1.165) is 22.8 Å². The van der Waals surface area contributed by atoms with Crippen LogP contribution >= 0.6 is 11.6 Å². The van der Waals surface area contributed by atoms with Gasteiger partial charge in [0.2, 0.25) is 0 Å². The third kappa shape index (κ3) is 5.03. The van der Waals surface area contributed by atoms with E-state index in [-0.39, 0.29) is 29.4 Å². The molecule has 0 radical (unpaired) electrons. The van der Waals surface area contributed by atoms with Crippen LogP contribution < -0.4 is 5.32 Å². The maximum absolute atomic E-state index is 12.0. The van der Waals surface area contributed by atoms with Crippen LogP contribution in [-0.2, 0) is 16.1 Å². The minimum Gasteiger partial charge on any atom is -0.459 e. The summed E-state index contributed by atoms with van der Waals surface area (Å²) in [6.45, 7) is 3.61. The number of rotatable bonds is 6. The zero-order valence-electron chi connectivity index (χ0n) is 14.2. The second-order valence-electron chi connectivity index (χ2n) is 5.70. The van der Waals surface area contributed by atoms with E-state index in [0.29, 0.717) is 0 Å². The van der Waals surface area contributed by atoms with Crippen molar-refractivity contribution >= 4 is 29.2 Å². The molecule has 0 fully saturated rings. The highest BCUT2D eigenvalue weighted by Crippen LogP contribution is 2.24. The summed E-state index contributed by atoms with van der Waals surface area (Å²) in [4.78, 5) is 34.0. The second kappa shape index (κ2) is 8.44. The van der Waals surface area contributed by atoms with Gasteiger partial charge in [-0.1, -0.05) is 35.4 Å². The van der Waals surface area contributed by atoms with Crippen LogP contribution in [0.5, 0.6) is 0 Å². The van der Waals surface area contributed by atoms with Crippen molar-refractivity contribution in [2.45, 2.75) is 20.5 Å². The van der Waals surface area contributed by atoms with Crippen LogP contribution in [-0.4, -0.2) is 23.3 Å². The molecule has 2 rings (SSSR count). The average molecular weight is 377 g/mol. The Morgan fingerprint density at radius 2 is 1.92 bits per heavy atom. The first-order chi connectivity index (χ1) is 12.3. The number of halogens is 1. The maximum Gasteiger partial charge on any atom is 0.325 e. The monoisotopic (exact) mass is 376 g/mol. The molecular weight excluding hydrogens is 360 g/mol. The largest absolute Gasteiger partial charge is 0.459 e. The first-order valence-electron chi connectivity index (χ1n) is 7.72. The normalized spacial score (nSPS) is 10.3. The molecule has 136 valence electrons. The summed E-state index contributed by atoms with van der Waals surface area (Å²) >= 11 is 5.70. The lowest BCUT2D eigenvalue weighted by Gasteiger charge is -2.09. The van der Waals surface area contributed by atoms with Crippen LogP contribution in [0.4, 0.5) is 5.69 Å². The second-order valence-corrected chi connectivity index (χ2v) is 6.10.